The Morgan fingerprint density at radius 3 is 2.12 bits per heavy atom. The molecule has 0 amide bonds. The Bertz CT molecular complexity index is 618. The Morgan fingerprint density at radius 2 is 1.35 bits per heavy atom. The van der Waals surface area contributed by atoms with Crippen LogP contribution < -0.4 is 0 Å². The minimum Gasteiger partial charge on any atom is -0.0587 e. The summed E-state index contributed by atoms with van der Waals surface area (Å²) in [6.07, 6.45) is 1.12. The van der Waals surface area contributed by atoms with Crippen LogP contribution in [0.15, 0.2) is 24.3 Å². The van der Waals surface area contributed by atoms with Crippen molar-refractivity contribution in [2.45, 2.75) is 34.1 Å². The van der Waals surface area contributed by atoms with Crippen LogP contribution in [0.3, 0.4) is 0 Å². The molecule has 3 rings (SSSR count). The quantitative estimate of drug-likeness (QED) is 0.525. The van der Waals surface area contributed by atoms with Crippen LogP contribution in [0, 0.1) is 27.7 Å². The van der Waals surface area contributed by atoms with E-state index < -0.39 is 0 Å². The molecule has 0 heteroatoms. The lowest BCUT2D eigenvalue weighted by Crippen LogP contribution is -1.90. The lowest BCUT2D eigenvalue weighted by molar-refractivity contribution is 1.16. The van der Waals surface area contributed by atoms with E-state index in [9.17, 15) is 0 Å². The molecular weight excluding hydrogens is 204 g/mol. The number of rotatable bonds is 0. The first-order valence-corrected chi connectivity index (χ1v) is 6.28. The first-order chi connectivity index (χ1) is 8.09. The molecule has 2 aromatic rings. The third-order valence-corrected chi connectivity index (χ3v) is 4.25. The normalized spacial score (nSPS) is 12.5. The molecule has 17 heavy (non-hydrogen) atoms. The van der Waals surface area contributed by atoms with Crippen molar-refractivity contribution in [1.82, 2.24) is 0 Å². The van der Waals surface area contributed by atoms with E-state index in [-0.39, 0.29) is 0 Å². The monoisotopic (exact) mass is 222 g/mol. The van der Waals surface area contributed by atoms with Crippen molar-refractivity contribution < 1.29 is 0 Å². The predicted molar refractivity (Wildman–Crippen MR) is 73.6 cm³/mol. The summed E-state index contributed by atoms with van der Waals surface area (Å²) in [6, 6.07) is 9.06. The average Bonchev–Trinajstić information content (AvgIpc) is 2.70. The fourth-order valence-corrected chi connectivity index (χ4v) is 2.98. The molecule has 1 aliphatic carbocycles. The topological polar surface area (TPSA) is 0 Å². The molecule has 0 atom stereocenters. The highest BCUT2D eigenvalue weighted by atomic mass is 14.3. The van der Waals surface area contributed by atoms with E-state index in [0.717, 1.165) is 6.42 Å². The zero-order chi connectivity index (χ0) is 12.2. The fraction of sp³-hybridized carbons (Fsp3) is 0.294. The predicted octanol–water partition coefficient (Wildman–Crippen LogP) is 4.49. The van der Waals surface area contributed by atoms with E-state index >= 15 is 0 Å². The first kappa shape index (κ1) is 10.6. The molecular formula is C17H18. The number of benzene rings is 2. The van der Waals surface area contributed by atoms with Crippen molar-refractivity contribution >= 4 is 0 Å². The summed E-state index contributed by atoms with van der Waals surface area (Å²) in [5.74, 6) is 0. The Hall–Kier alpha value is -1.56. The second-order valence-corrected chi connectivity index (χ2v) is 5.26. The van der Waals surface area contributed by atoms with Crippen LogP contribution in [0.25, 0.3) is 11.1 Å². The number of aryl methyl sites for hydroxylation is 3. The minimum atomic E-state index is 1.12. The molecule has 0 aromatic heterocycles. The standard InChI is InChI=1S/C17H18/c1-10-7-8-14-16(13(10)4)9-15-11(2)5-6-12(3)17(14)15/h5-8H,9H2,1-4H3. The van der Waals surface area contributed by atoms with Gasteiger partial charge in [-0.15, -0.1) is 0 Å². The summed E-state index contributed by atoms with van der Waals surface area (Å²) in [5, 5.41) is 0. The van der Waals surface area contributed by atoms with Gasteiger partial charge in [-0.1, -0.05) is 24.3 Å². The van der Waals surface area contributed by atoms with Crippen molar-refractivity contribution in [3.05, 3.63) is 57.6 Å². The molecule has 2 aromatic carbocycles. The molecule has 0 heterocycles. The lowest BCUT2D eigenvalue weighted by Gasteiger charge is -2.09. The first-order valence-electron chi connectivity index (χ1n) is 6.28. The molecule has 0 aliphatic heterocycles. The Labute approximate surface area is 103 Å². The molecule has 0 nitrogen and oxygen atoms in total. The van der Waals surface area contributed by atoms with Crippen molar-refractivity contribution in [1.29, 1.82) is 0 Å². The molecule has 86 valence electrons. The van der Waals surface area contributed by atoms with Gasteiger partial charge >= 0.3 is 0 Å². The van der Waals surface area contributed by atoms with Gasteiger partial charge in [0.1, 0.15) is 0 Å². The van der Waals surface area contributed by atoms with E-state index in [0.29, 0.717) is 0 Å². The molecule has 0 saturated heterocycles. The summed E-state index contributed by atoms with van der Waals surface area (Å²) in [7, 11) is 0. The third-order valence-electron chi connectivity index (χ3n) is 4.25. The van der Waals surface area contributed by atoms with Crippen LogP contribution >= 0.6 is 0 Å². The fourth-order valence-electron chi connectivity index (χ4n) is 2.98. The van der Waals surface area contributed by atoms with Gasteiger partial charge in [0.05, 0.1) is 0 Å². The zero-order valence-corrected chi connectivity index (χ0v) is 11.0. The molecule has 0 N–H and O–H groups in total. The highest BCUT2D eigenvalue weighted by Gasteiger charge is 2.23. The van der Waals surface area contributed by atoms with Gasteiger partial charge in [0.15, 0.2) is 0 Å². The van der Waals surface area contributed by atoms with Crippen LogP contribution in [-0.2, 0) is 6.42 Å². The smallest absolute Gasteiger partial charge is 0.000799 e. The van der Waals surface area contributed by atoms with Gasteiger partial charge < -0.3 is 0 Å². The lowest BCUT2D eigenvalue weighted by atomic mass is 9.96. The van der Waals surface area contributed by atoms with Crippen molar-refractivity contribution in [2.75, 3.05) is 0 Å². The maximum absolute atomic E-state index is 2.30. The summed E-state index contributed by atoms with van der Waals surface area (Å²) in [6.45, 7) is 8.91. The van der Waals surface area contributed by atoms with Gasteiger partial charge in [0.2, 0.25) is 0 Å². The van der Waals surface area contributed by atoms with E-state index in [2.05, 4.69) is 52.0 Å². The number of hydrogen-bond donors (Lipinski definition) is 0. The molecule has 0 fully saturated rings. The van der Waals surface area contributed by atoms with Crippen molar-refractivity contribution in [3.63, 3.8) is 0 Å². The third kappa shape index (κ3) is 1.37. The molecule has 0 bridgehead atoms. The van der Waals surface area contributed by atoms with Gasteiger partial charge in [-0.05, 0) is 78.6 Å². The van der Waals surface area contributed by atoms with E-state index in [4.69, 9.17) is 0 Å². The van der Waals surface area contributed by atoms with Gasteiger partial charge in [0.25, 0.3) is 0 Å². The molecule has 1 aliphatic rings. The zero-order valence-electron chi connectivity index (χ0n) is 11.0. The number of hydrogen-bond acceptors (Lipinski definition) is 0. The molecule has 0 spiro atoms. The second kappa shape index (κ2) is 3.46. The maximum Gasteiger partial charge on any atom is -0.000799 e. The Morgan fingerprint density at radius 1 is 0.706 bits per heavy atom. The summed E-state index contributed by atoms with van der Waals surface area (Å²) >= 11 is 0. The second-order valence-electron chi connectivity index (χ2n) is 5.26. The molecule has 0 saturated carbocycles. The van der Waals surface area contributed by atoms with Crippen LogP contribution in [0.2, 0.25) is 0 Å². The number of fused-ring (bicyclic) bond motifs is 3. The summed E-state index contributed by atoms with van der Waals surface area (Å²) < 4.78 is 0. The van der Waals surface area contributed by atoms with Crippen LogP contribution in [0.5, 0.6) is 0 Å². The van der Waals surface area contributed by atoms with E-state index in [1.807, 2.05) is 0 Å². The molecule has 0 unspecified atom stereocenters. The Kier molecular flexibility index (Phi) is 2.16. The largest absolute Gasteiger partial charge is 0.0587 e. The SMILES string of the molecule is Cc1ccc2c(c1C)Cc1c(C)ccc(C)c1-2. The van der Waals surface area contributed by atoms with Gasteiger partial charge in [0, 0.05) is 0 Å². The minimum absolute atomic E-state index is 1.12. The van der Waals surface area contributed by atoms with Crippen LogP contribution in [0.4, 0.5) is 0 Å². The molecule has 0 radical (unpaired) electrons. The van der Waals surface area contributed by atoms with Gasteiger partial charge in [-0.25, -0.2) is 0 Å². The van der Waals surface area contributed by atoms with E-state index in [1.54, 1.807) is 0 Å². The maximum atomic E-state index is 2.30. The average molecular weight is 222 g/mol. The van der Waals surface area contributed by atoms with Gasteiger partial charge in [-0.2, -0.15) is 0 Å². The van der Waals surface area contributed by atoms with Crippen LogP contribution in [-0.4, -0.2) is 0 Å². The highest BCUT2D eigenvalue weighted by Crippen LogP contribution is 2.42. The summed E-state index contributed by atoms with van der Waals surface area (Å²) in [4.78, 5) is 0. The Balaban J connectivity index is 2.36. The van der Waals surface area contributed by atoms with Gasteiger partial charge in [-0.3, -0.25) is 0 Å². The van der Waals surface area contributed by atoms with Crippen LogP contribution in [0.1, 0.15) is 33.4 Å². The van der Waals surface area contributed by atoms with E-state index in [1.165, 1.54) is 44.5 Å². The van der Waals surface area contributed by atoms with Crippen molar-refractivity contribution in [3.8, 4) is 11.1 Å². The highest BCUT2D eigenvalue weighted by molar-refractivity contribution is 5.81. The van der Waals surface area contributed by atoms with Crippen molar-refractivity contribution in [2.24, 2.45) is 0 Å². The summed E-state index contributed by atoms with van der Waals surface area (Å²) in [5.41, 5.74) is 11.7.